The van der Waals surface area contributed by atoms with Crippen LogP contribution >= 0.6 is 0 Å². The van der Waals surface area contributed by atoms with Crippen LogP contribution in [0.5, 0.6) is 0 Å². The molecule has 5 heteroatoms. The monoisotopic (exact) mass is 273 g/mol. The van der Waals surface area contributed by atoms with Gasteiger partial charge in [-0.2, -0.15) is 0 Å². The van der Waals surface area contributed by atoms with Crippen molar-refractivity contribution < 1.29 is 9.59 Å². The maximum atomic E-state index is 12.3. The second-order valence-corrected chi connectivity index (χ2v) is 4.08. The number of hydrogen-bond acceptors (Lipinski definition) is 3. The summed E-state index contributed by atoms with van der Waals surface area (Å²) in [6, 6.07) is 7.00. The third-order valence-corrected chi connectivity index (χ3v) is 2.73. The van der Waals surface area contributed by atoms with Crippen molar-refractivity contribution >= 4 is 11.8 Å². The molecule has 0 spiro atoms. The largest absolute Gasteiger partial charge is 0.358 e. The van der Waals surface area contributed by atoms with Crippen LogP contribution in [0.25, 0.3) is 0 Å². The summed E-state index contributed by atoms with van der Waals surface area (Å²) in [7, 11) is 1.55. The van der Waals surface area contributed by atoms with E-state index in [1.165, 1.54) is 4.90 Å². The molecule has 5 nitrogen and oxygen atoms in total. The topological polar surface area (TPSA) is 75.4 Å². The first-order valence-corrected chi connectivity index (χ1v) is 6.41. The molecule has 0 saturated heterocycles. The molecule has 1 aromatic rings. The summed E-state index contributed by atoms with van der Waals surface area (Å²) >= 11 is 0. The van der Waals surface area contributed by atoms with Gasteiger partial charge in [-0.1, -0.05) is 17.9 Å². The minimum absolute atomic E-state index is 0.0462. The number of hydrogen-bond donors (Lipinski definition) is 2. The lowest BCUT2D eigenvalue weighted by atomic mass is 10.1. The SMILES string of the molecule is CCN(CC(=O)NC)C(=O)c1cccc(C#CCN)c1. The van der Waals surface area contributed by atoms with Gasteiger partial charge in [-0.3, -0.25) is 9.59 Å². The van der Waals surface area contributed by atoms with Crippen molar-refractivity contribution in [2.24, 2.45) is 5.73 Å². The minimum atomic E-state index is -0.195. The zero-order chi connectivity index (χ0) is 15.0. The molecule has 0 aliphatic heterocycles. The van der Waals surface area contributed by atoms with Crippen molar-refractivity contribution in [3.63, 3.8) is 0 Å². The van der Waals surface area contributed by atoms with Crippen LogP contribution in [0.15, 0.2) is 24.3 Å². The zero-order valence-electron chi connectivity index (χ0n) is 11.8. The van der Waals surface area contributed by atoms with Gasteiger partial charge in [0.1, 0.15) is 0 Å². The summed E-state index contributed by atoms with van der Waals surface area (Å²) < 4.78 is 0. The lowest BCUT2D eigenvalue weighted by Crippen LogP contribution is -2.39. The molecule has 0 bridgehead atoms. The van der Waals surface area contributed by atoms with E-state index in [1.807, 2.05) is 13.0 Å². The zero-order valence-corrected chi connectivity index (χ0v) is 11.8. The first-order chi connectivity index (χ1) is 9.62. The van der Waals surface area contributed by atoms with Crippen LogP contribution in [0, 0.1) is 11.8 Å². The first kappa shape index (κ1) is 15.7. The highest BCUT2D eigenvalue weighted by Gasteiger charge is 2.16. The molecule has 0 fully saturated rings. The molecule has 1 rings (SSSR count). The van der Waals surface area contributed by atoms with Gasteiger partial charge in [0.2, 0.25) is 5.91 Å². The Morgan fingerprint density at radius 2 is 2.15 bits per heavy atom. The lowest BCUT2D eigenvalue weighted by Gasteiger charge is -2.20. The van der Waals surface area contributed by atoms with E-state index in [0.717, 1.165) is 5.56 Å². The van der Waals surface area contributed by atoms with Gasteiger partial charge in [-0.15, -0.1) is 0 Å². The predicted molar refractivity (Wildman–Crippen MR) is 78.0 cm³/mol. The van der Waals surface area contributed by atoms with Gasteiger partial charge in [0.05, 0.1) is 13.1 Å². The fourth-order valence-corrected chi connectivity index (χ4v) is 1.65. The van der Waals surface area contributed by atoms with E-state index in [1.54, 1.807) is 25.2 Å². The average Bonchev–Trinajstić information content (AvgIpc) is 2.49. The molecule has 0 aliphatic rings. The number of likely N-dealkylation sites (N-methyl/N-ethyl adjacent to an activating group) is 2. The highest BCUT2D eigenvalue weighted by atomic mass is 16.2. The number of carbonyl (C=O) groups excluding carboxylic acids is 2. The van der Waals surface area contributed by atoms with E-state index < -0.39 is 0 Å². The van der Waals surface area contributed by atoms with E-state index >= 15 is 0 Å². The number of amides is 2. The number of nitrogens with one attached hydrogen (secondary N) is 1. The van der Waals surface area contributed by atoms with Crippen LogP contribution in [0.4, 0.5) is 0 Å². The van der Waals surface area contributed by atoms with Crippen molar-refractivity contribution in [3.05, 3.63) is 35.4 Å². The second kappa shape index (κ2) is 7.97. The summed E-state index contributed by atoms with van der Waals surface area (Å²) in [6.45, 7) is 2.62. The molecule has 1 aromatic carbocycles. The Balaban J connectivity index is 2.92. The highest BCUT2D eigenvalue weighted by Crippen LogP contribution is 2.08. The summed E-state index contributed by atoms with van der Waals surface area (Å²) in [6.07, 6.45) is 0. The predicted octanol–water partition coefficient (Wildman–Crippen LogP) is 0.205. The van der Waals surface area contributed by atoms with Crippen LogP contribution in [-0.4, -0.2) is 43.4 Å². The Hall–Kier alpha value is -2.32. The average molecular weight is 273 g/mol. The molecule has 0 atom stereocenters. The number of rotatable bonds is 4. The number of benzene rings is 1. The molecule has 3 N–H and O–H groups in total. The highest BCUT2D eigenvalue weighted by molar-refractivity contribution is 5.96. The van der Waals surface area contributed by atoms with Crippen molar-refractivity contribution in [3.8, 4) is 11.8 Å². The molecule has 0 radical (unpaired) electrons. The van der Waals surface area contributed by atoms with Crippen molar-refractivity contribution in [2.75, 3.05) is 26.7 Å². The van der Waals surface area contributed by atoms with Crippen LogP contribution in [0.2, 0.25) is 0 Å². The standard InChI is InChI=1S/C15H19N3O2/c1-3-18(11-14(19)17-2)15(20)13-8-4-6-12(10-13)7-5-9-16/h4,6,8,10H,3,9,11,16H2,1-2H3,(H,17,19). The van der Waals surface area contributed by atoms with Crippen molar-refractivity contribution in [1.29, 1.82) is 0 Å². The van der Waals surface area contributed by atoms with Gasteiger partial charge in [-0.05, 0) is 25.1 Å². The summed E-state index contributed by atoms with van der Waals surface area (Å²) in [4.78, 5) is 25.2. The van der Waals surface area contributed by atoms with Gasteiger partial charge >= 0.3 is 0 Å². The maximum Gasteiger partial charge on any atom is 0.254 e. The third kappa shape index (κ3) is 4.41. The Bertz CT molecular complexity index is 544. The first-order valence-electron chi connectivity index (χ1n) is 6.41. The molecule has 20 heavy (non-hydrogen) atoms. The number of nitrogens with two attached hydrogens (primary N) is 1. The molecular weight excluding hydrogens is 254 g/mol. The van der Waals surface area contributed by atoms with E-state index in [4.69, 9.17) is 5.73 Å². The quantitative estimate of drug-likeness (QED) is 0.770. The van der Waals surface area contributed by atoms with Crippen LogP contribution < -0.4 is 11.1 Å². The van der Waals surface area contributed by atoms with E-state index in [2.05, 4.69) is 17.2 Å². The normalized spacial score (nSPS) is 9.35. The van der Waals surface area contributed by atoms with E-state index in [0.29, 0.717) is 12.1 Å². The van der Waals surface area contributed by atoms with Gasteiger partial charge in [0.25, 0.3) is 5.91 Å². The van der Waals surface area contributed by atoms with Gasteiger partial charge < -0.3 is 16.0 Å². The summed E-state index contributed by atoms with van der Waals surface area (Å²) in [5.41, 5.74) is 6.57. The molecule has 0 aliphatic carbocycles. The van der Waals surface area contributed by atoms with Crippen LogP contribution in [0.3, 0.4) is 0 Å². The molecule has 0 saturated carbocycles. The Kier molecular flexibility index (Phi) is 6.27. The van der Waals surface area contributed by atoms with Gasteiger partial charge in [-0.25, -0.2) is 0 Å². The van der Waals surface area contributed by atoms with Gasteiger partial charge in [0.15, 0.2) is 0 Å². The molecule has 0 unspecified atom stereocenters. The maximum absolute atomic E-state index is 12.3. The smallest absolute Gasteiger partial charge is 0.254 e. The summed E-state index contributed by atoms with van der Waals surface area (Å²) in [5.74, 6) is 5.24. The number of nitrogens with zero attached hydrogens (tertiary/aromatic N) is 1. The fraction of sp³-hybridized carbons (Fsp3) is 0.333. The van der Waals surface area contributed by atoms with Gasteiger partial charge in [0, 0.05) is 24.7 Å². The Morgan fingerprint density at radius 3 is 2.75 bits per heavy atom. The summed E-state index contributed by atoms with van der Waals surface area (Å²) in [5, 5.41) is 2.51. The lowest BCUT2D eigenvalue weighted by molar-refractivity contribution is -0.121. The fourth-order valence-electron chi connectivity index (χ4n) is 1.65. The molecule has 106 valence electrons. The molecule has 0 heterocycles. The van der Waals surface area contributed by atoms with E-state index in [-0.39, 0.29) is 24.9 Å². The van der Waals surface area contributed by atoms with E-state index in [9.17, 15) is 9.59 Å². The van der Waals surface area contributed by atoms with Crippen molar-refractivity contribution in [2.45, 2.75) is 6.92 Å². The van der Waals surface area contributed by atoms with Crippen LogP contribution in [-0.2, 0) is 4.79 Å². The van der Waals surface area contributed by atoms with Crippen LogP contribution in [0.1, 0.15) is 22.8 Å². The number of carbonyl (C=O) groups is 2. The molecule has 0 aromatic heterocycles. The Morgan fingerprint density at radius 1 is 1.40 bits per heavy atom. The Labute approximate surface area is 119 Å². The second-order valence-electron chi connectivity index (χ2n) is 4.08. The molecular formula is C15H19N3O2. The van der Waals surface area contributed by atoms with Crippen molar-refractivity contribution in [1.82, 2.24) is 10.2 Å². The third-order valence-electron chi connectivity index (χ3n) is 2.73. The minimum Gasteiger partial charge on any atom is -0.358 e. The molecule has 2 amide bonds.